The zero-order chi connectivity index (χ0) is 19.0. The van der Waals surface area contributed by atoms with Gasteiger partial charge in [0.1, 0.15) is 11.5 Å². The number of esters is 1. The van der Waals surface area contributed by atoms with Gasteiger partial charge in [-0.2, -0.15) is 0 Å². The third-order valence-corrected chi connectivity index (χ3v) is 4.02. The number of hydrogen-bond donors (Lipinski definition) is 0. The van der Waals surface area contributed by atoms with Crippen molar-refractivity contribution in [2.45, 2.75) is 65.2 Å². The second kappa shape index (κ2) is 14.2. The minimum absolute atomic E-state index is 0.0961. The van der Waals surface area contributed by atoms with E-state index in [0.717, 1.165) is 30.6 Å². The van der Waals surface area contributed by atoms with Crippen molar-refractivity contribution in [3.05, 3.63) is 30.3 Å². The van der Waals surface area contributed by atoms with Crippen LogP contribution in [0, 0.1) is 0 Å². The van der Waals surface area contributed by atoms with Gasteiger partial charge in [-0.15, -0.1) is 0 Å². The van der Waals surface area contributed by atoms with Gasteiger partial charge in [0.05, 0.1) is 13.2 Å². The Morgan fingerprint density at radius 1 is 0.885 bits per heavy atom. The number of benzene rings is 1. The van der Waals surface area contributed by atoms with Crippen molar-refractivity contribution in [3.63, 3.8) is 0 Å². The summed E-state index contributed by atoms with van der Waals surface area (Å²) in [6.07, 6.45) is 11.0. The molecule has 0 amide bonds. The van der Waals surface area contributed by atoms with Gasteiger partial charge in [0.2, 0.25) is 0 Å². The molecule has 0 bridgehead atoms. The summed E-state index contributed by atoms with van der Waals surface area (Å²) >= 11 is 0. The highest BCUT2D eigenvalue weighted by Crippen LogP contribution is 2.24. The first-order chi connectivity index (χ1) is 12.7. The van der Waals surface area contributed by atoms with E-state index in [-0.39, 0.29) is 12.6 Å². The molecule has 1 aromatic rings. The van der Waals surface area contributed by atoms with E-state index in [1.807, 2.05) is 18.2 Å². The Kier molecular flexibility index (Phi) is 12.1. The van der Waals surface area contributed by atoms with Gasteiger partial charge >= 0.3 is 5.97 Å². The van der Waals surface area contributed by atoms with Crippen LogP contribution in [0.25, 0.3) is 6.08 Å². The first-order valence-corrected chi connectivity index (χ1v) is 9.88. The zero-order valence-electron chi connectivity index (χ0n) is 16.4. The van der Waals surface area contributed by atoms with E-state index >= 15 is 0 Å². The second-order valence-electron chi connectivity index (χ2n) is 6.42. The molecule has 4 heteroatoms. The Labute approximate surface area is 158 Å². The van der Waals surface area contributed by atoms with Crippen molar-refractivity contribution < 1.29 is 19.0 Å². The lowest BCUT2D eigenvalue weighted by Gasteiger charge is -2.11. The van der Waals surface area contributed by atoms with Crippen LogP contribution >= 0.6 is 0 Å². The van der Waals surface area contributed by atoms with Crippen molar-refractivity contribution in [1.82, 2.24) is 0 Å². The molecule has 1 rings (SSSR count). The molecule has 26 heavy (non-hydrogen) atoms. The topological polar surface area (TPSA) is 44.8 Å². The Bertz CT molecular complexity index is 525. The molecule has 0 aliphatic rings. The fourth-order valence-corrected chi connectivity index (χ4v) is 2.46. The van der Waals surface area contributed by atoms with Crippen LogP contribution in [0.5, 0.6) is 11.5 Å². The third-order valence-electron chi connectivity index (χ3n) is 4.02. The summed E-state index contributed by atoms with van der Waals surface area (Å²) in [6.45, 7) is 9.10. The van der Waals surface area contributed by atoms with E-state index in [2.05, 4.69) is 20.4 Å². The third kappa shape index (κ3) is 10.1. The van der Waals surface area contributed by atoms with Crippen molar-refractivity contribution in [2.75, 3.05) is 19.8 Å². The van der Waals surface area contributed by atoms with Gasteiger partial charge in [-0.3, -0.25) is 0 Å². The minimum Gasteiger partial charge on any atom is -0.493 e. The Morgan fingerprint density at radius 2 is 1.54 bits per heavy atom. The lowest BCUT2D eigenvalue weighted by atomic mass is 10.1. The van der Waals surface area contributed by atoms with Gasteiger partial charge in [-0.25, -0.2) is 4.79 Å². The van der Waals surface area contributed by atoms with Gasteiger partial charge in [0, 0.05) is 6.07 Å². The van der Waals surface area contributed by atoms with E-state index in [9.17, 15) is 4.79 Å². The van der Waals surface area contributed by atoms with Crippen LogP contribution in [0.1, 0.15) is 70.8 Å². The van der Waals surface area contributed by atoms with E-state index in [0.29, 0.717) is 19.0 Å². The molecule has 0 aliphatic carbocycles. The van der Waals surface area contributed by atoms with Gasteiger partial charge in [0.25, 0.3) is 0 Å². The first kappa shape index (κ1) is 22.1. The molecule has 146 valence electrons. The van der Waals surface area contributed by atoms with Crippen LogP contribution in [0.15, 0.2) is 24.8 Å². The summed E-state index contributed by atoms with van der Waals surface area (Å²) < 4.78 is 16.5. The smallest absolute Gasteiger partial charge is 0.344 e. The van der Waals surface area contributed by atoms with Crippen molar-refractivity contribution in [2.24, 2.45) is 0 Å². The molecule has 0 fully saturated rings. The maximum absolute atomic E-state index is 11.7. The molecule has 0 radical (unpaired) electrons. The van der Waals surface area contributed by atoms with E-state index in [1.165, 1.54) is 32.1 Å². The van der Waals surface area contributed by atoms with Crippen molar-refractivity contribution in [1.29, 1.82) is 0 Å². The predicted molar refractivity (Wildman–Crippen MR) is 107 cm³/mol. The Balaban J connectivity index is 2.41. The minimum atomic E-state index is -0.350. The van der Waals surface area contributed by atoms with Crippen LogP contribution in [0.4, 0.5) is 0 Å². The molecule has 0 spiro atoms. The van der Waals surface area contributed by atoms with Gasteiger partial charge in [-0.05, 0) is 30.5 Å². The molecule has 0 saturated carbocycles. The maximum atomic E-state index is 11.7. The SMILES string of the molecule is C=Cc1cc(OCCCCCCCC)cc(OCC(=O)OCCCC)c1. The molecule has 0 N–H and O–H groups in total. The summed E-state index contributed by atoms with van der Waals surface area (Å²) in [5.41, 5.74) is 0.903. The lowest BCUT2D eigenvalue weighted by Crippen LogP contribution is -2.15. The van der Waals surface area contributed by atoms with Crippen LogP contribution < -0.4 is 9.47 Å². The largest absolute Gasteiger partial charge is 0.493 e. The molecule has 4 nitrogen and oxygen atoms in total. The van der Waals surface area contributed by atoms with Crippen LogP contribution in [0.2, 0.25) is 0 Å². The fraction of sp³-hybridized carbons (Fsp3) is 0.591. The molecule has 0 aliphatic heterocycles. The van der Waals surface area contributed by atoms with Gasteiger partial charge < -0.3 is 14.2 Å². The molecule has 0 saturated heterocycles. The van der Waals surface area contributed by atoms with E-state index in [1.54, 1.807) is 6.08 Å². The van der Waals surface area contributed by atoms with Crippen molar-refractivity contribution >= 4 is 12.0 Å². The van der Waals surface area contributed by atoms with Crippen LogP contribution in [-0.4, -0.2) is 25.8 Å². The quantitative estimate of drug-likeness (QED) is 0.292. The molecule has 0 atom stereocenters. The van der Waals surface area contributed by atoms with Crippen molar-refractivity contribution in [3.8, 4) is 11.5 Å². The highest BCUT2D eigenvalue weighted by molar-refractivity contribution is 5.71. The Morgan fingerprint density at radius 3 is 2.23 bits per heavy atom. The summed E-state index contributed by atoms with van der Waals surface area (Å²) in [6, 6.07) is 5.57. The van der Waals surface area contributed by atoms with Gasteiger partial charge in [-0.1, -0.05) is 65.0 Å². The van der Waals surface area contributed by atoms with E-state index in [4.69, 9.17) is 14.2 Å². The number of hydrogen-bond acceptors (Lipinski definition) is 4. The Hall–Kier alpha value is -1.97. The van der Waals surface area contributed by atoms with Crippen LogP contribution in [-0.2, 0) is 9.53 Å². The monoisotopic (exact) mass is 362 g/mol. The standard InChI is InChI=1S/C22H34O4/c1-4-7-9-10-11-12-14-24-20-15-19(6-3)16-21(17-20)26-18-22(23)25-13-8-5-2/h6,15-17H,3-5,7-14,18H2,1-2H3. The first-order valence-electron chi connectivity index (χ1n) is 9.88. The zero-order valence-corrected chi connectivity index (χ0v) is 16.4. The molecular weight excluding hydrogens is 328 g/mol. The molecule has 1 aromatic carbocycles. The summed E-state index contributed by atoms with van der Waals surface area (Å²) in [5, 5.41) is 0. The number of carbonyl (C=O) groups excluding carboxylic acids is 1. The molecule has 0 aromatic heterocycles. The normalized spacial score (nSPS) is 10.4. The molecular formula is C22H34O4. The highest BCUT2D eigenvalue weighted by Gasteiger charge is 2.06. The number of ether oxygens (including phenoxy) is 3. The highest BCUT2D eigenvalue weighted by atomic mass is 16.6. The average Bonchev–Trinajstić information content (AvgIpc) is 2.65. The summed E-state index contributed by atoms with van der Waals surface area (Å²) in [4.78, 5) is 11.7. The molecule has 0 unspecified atom stereocenters. The number of rotatable bonds is 15. The number of unbranched alkanes of at least 4 members (excludes halogenated alkanes) is 6. The fourth-order valence-electron chi connectivity index (χ4n) is 2.46. The summed E-state index contributed by atoms with van der Waals surface area (Å²) in [5.74, 6) is 0.982. The predicted octanol–water partition coefficient (Wildman–Crippen LogP) is 5.79. The lowest BCUT2D eigenvalue weighted by molar-refractivity contribution is -0.146. The van der Waals surface area contributed by atoms with Gasteiger partial charge in [0.15, 0.2) is 6.61 Å². The average molecular weight is 363 g/mol. The second-order valence-corrected chi connectivity index (χ2v) is 6.42. The maximum Gasteiger partial charge on any atom is 0.344 e. The van der Waals surface area contributed by atoms with Crippen LogP contribution in [0.3, 0.4) is 0 Å². The number of carbonyl (C=O) groups is 1. The summed E-state index contributed by atoms with van der Waals surface area (Å²) in [7, 11) is 0. The molecule has 0 heterocycles. The van der Waals surface area contributed by atoms with E-state index < -0.39 is 0 Å².